The molecule has 0 aliphatic heterocycles. The number of aromatic amines is 1. The third kappa shape index (κ3) is 1.27. The molecule has 14 heavy (non-hydrogen) atoms. The number of benzene rings is 1. The number of nitrogens with one attached hydrogen (secondary N) is 1. The molecule has 1 heterocycles. The minimum absolute atomic E-state index is 0.511. The number of nitriles is 1. The van der Waals surface area contributed by atoms with Crippen LogP contribution in [0.4, 0.5) is 0 Å². The molecule has 0 aliphatic rings. The fraction of sp³-hybridized carbons (Fsp3) is 0.250. The highest BCUT2D eigenvalue weighted by molar-refractivity contribution is 5.84. The average Bonchev–Trinajstić information content (AvgIpc) is 2.59. The third-order valence-corrected chi connectivity index (χ3v) is 2.46. The maximum absolute atomic E-state index is 8.75. The first-order valence-electron chi connectivity index (χ1n) is 4.73. The second-order valence-electron chi connectivity index (χ2n) is 3.77. The minimum atomic E-state index is 0.511. The molecule has 0 fully saturated rings. The van der Waals surface area contributed by atoms with E-state index in [1.807, 2.05) is 24.4 Å². The maximum Gasteiger partial charge on any atom is 0.0992 e. The van der Waals surface area contributed by atoms with Gasteiger partial charge in [0.05, 0.1) is 11.6 Å². The zero-order valence-corrected chi connectivity index (χ0v) is 8.33. The van der Waals surface area contributed by atoms with Crippen LogP contribution in [0.15, 0.2) is 24.4 Å². The van der Waals surface area contributed by atoms with Crippen LogP contribution in [-0.4, -0.2) is 4.98 Å². The highest BCUT2D eigenvalue weighted by atomic mass is 14.7. The van der Waals surface area contributed by atoms with E-state index in [4.69, 9.17) is 5.26 Å². The van der Waals surface area contributed by atoms with Gasteiger partial charge in [-0.2, -0.15) is 5.26 Å². The van der Waals surface area contributed by atoms with Gasteiger partial charge in [0.25, 0.3) is 0 Å². The quantitative estimate of drug-likeness (QED) is 0.726. The van der Waals surface area contributed by atoms with E-state index in [1.54, 1.807) is 0 Å². The van der Waals surface area contributed by atoms with Crippen molar-refractivity contribution in [1.82, 2.24) is 4.98 Å². The van der Waals surface area contributed by atoms with Crippen LogP contribution in [0.2, 0.25) is 0 Å². The Kier molecular flexibility index (Phi) is 2.01. The fourth-order valence-electron chi connectivity index (χ4n) is 1.70. The van der Waals surface area contributed by atoms with Crippen LogP contribution >= 0.6 is 0 Å². The Morgan fingerprint density at radius 1 is 1.36 bits per heavy atom. The lowest BCUT2D eigenvalue weighted by Gasteiger charge is -2.01. The second-order valence-corrected chi connectivity index (χ2v) is 3.77. The van der Waals surface area contributed by atoms with Gasteiger partial charge in [-0.3, -0.25) is 0 Å². The Balaban J connectivity index is 2.67. The summed E-state index contributed by atoms with van der Waals surface area (Å²) >= 11 is 0. The summed E-state index contributed by atoms with van der Waals surface area (Å²) in [6.07, 6.45) is 2.02. The maximum atomic E-state index is 8.75. The topological polar surface area (TPSA) is 39.6 Å². The first kappa shape index (κ1) is 8.83. The Labute approximate surface area is 83.2 Å². The fourth-order valence-corrected chi connectivity index (χ4v) is 1.70. The van der Waals surface area contributed by atoms with Crippen LogP contribution in [0, 0.1) is 11.3 Å². The standard InChI is InChI=1S/C12H12N2/c1-8(2)11-7-14-12-5-9(6-13)3-4-10(11)12/h3-5,7-8,14H,1-2H3. The summed E-state index contributed by atoms with van der Waals surface area (Å²) in [6, 6.07) is 7.90. The lowest BCUT2D eigenvalue weighted by atomic mass is 10.0. The first-order chi connectivity index (χ1) is 6.72. The number of H-pyrrole nitrogens is 1. The van der Waals surface area contributed by atoms with Crippen molar-refractivity contribution in [1.29, 1.82) is 5.26 Å². The molecule has 0 saturated heterocycles. The van der Waals surface area contributed by atoms with Gasteiger partial charge in [0.1, 0.15) is 0 Å². The van der Waals surface area contributed by atoms with Crippen molar-refractivity contribution in [3.05, 3.63) is 35.5 Å². The Morgan fingerprint density at radius 3 is 2.79 bits per heavy atom. The van der Waals surface area contributed by atoms with E-state index in [0.29, 0.717) is 11.5 Å². The summed E-state index contributed by atoms with van der Waals surface area (Å²) in [5, 5.41) is 9.97. The molecule has 1 N–H and O–H groups in total. The summed E-state index contributed by atoms with van der Waals surface area (Å²) < 4.78 is 0. The molecule has 0 unspecified atom stereocenters. The average molecular weight is 184 g/mol. The van der Waals surface area contributed by atoms with Crippen LogP contribution in [0.5, 0.6) is 0 Å². The van der Waals surface area contributed by atoms with Gasteiger partial charge >= 0.3 is 0 Å². The number of hydrogen-bond acceptors (Lipinski definition) is 1. The molecule has 0 aliphatic carbocycles. The zero-order valence-electron chi connectivity index (χ0n) is 8.33. The van der Waals surface area contributed by atoms with Gasteiger partial charge in [-0.25, -0.2) is 0 Å². The molecule has 2 rings (SSSR count). The predicted molar refractivity (Wildman–Crippen MR) is 57.1 cm³/mol. The number of nitrogens with zero attached hydrogens (tertiary/aromatic N) is 1. The lowest BCUT2D eigenvalue weighted by molar-refractivity contribution is 0.875. The third-order valence-electron chi connectivity index (χ3n) is 2.46. The predicted octanol–water partition coefficient (Wildman–Crippen LogP) is 3.16. The monoisotopic (exact) mass is 184 g/mol. The second kappa shape index (κ2) is 3.19. The van der Waals surface area contributed by atoms with Crippen molar-refractivity contribution >= 4 is 10.9 Å². The van der Waals surface area contributed by atoms with Gasteiger partial charge < -0.3 is 4.98 Å². The highest BCUT2D eigenvalue weighted by Gasteiger charge is 2.06. The Hall–Kier alpha value is -1.75. The first-order valence-corrected chi connectivity index (χ1v) is 4.73. The van der Waals surface area contributed by atoms with Crippen molar-refractivity contribution < 1.29 is 0 Å². The molecule has 0 saturated carbocycles. The molecule has 0 radical (unpaired) electrons. The summed E-state index contributed by atoms with van der Waals surface area (Å²) in [6.45, 7) is 4.33. The van der Waals surface area contributed by atoms with Crippen LogP contribution in [0.3, 0.4) is 0 Å². The van der Waals surface area contributed by atoms with Crippen LogP contribution in [0.1, 0.15) is 30.9 Å². The van der Waals surface area contributed by atoms with E-state index in [-0.39, 0.29) is 0 Å². The highest BCUT2D eigenvalue weighted by Crippen LogP contribution is 2.25. The van der Waals surface area contributed by atoms with E-state index in [9.17, 15) is 0 Å². The number of hydrogen-bond donors (Lipinski definition) is 1. The van der Waals surface area contributed by atoms with E-state index in [2.05, 4.69) is 24.9 Å². The molecule has 2 aromatic rings. The lowest BCUT2D eigenvalue weighted by Crippen LogP contribution is -1.83. The van der Waals surface area contributed by atoms with Crippen molar-refractivity contribution in [3.63, 3.8) is 0 Å². The van der Waals surface area contributed by atoms with Crippen LogP contribution < -0.4 is 0 Å². The van der Waals surface area contributed by atoms with E-state index in [1.165, 1.54) is 10.9 Å². The van der Waals surface area contributed by atoms with E-state index < -0.39 is 0 Å². The van der Waals surface area contributed by atoms with Crippen LogP contribution in [-0.2, 0) is 0 Å². The van der Waals surface area contributed by atoms with Gasteiger partial charge in [0.2, 0.25) is 0 Å². The molecule has 0 amide bonds. The van der Waals surface area contributed by atoms with Gasteiger partial charge in [-0.05, 0) is 23.6 Å². The molecule has 0 spiro atoms. The van der Waals surface area contributed by atoms with Gasteiger partial charge in [0, 0.05) is 17.1 Å². The van der Waals surface area contributed by atoms with E-state index in [0.717, 1.165) is 5.52 Å². The van der Waals surface area contributed by atoms with E-state index >= 15 is 0 Å². The van der Waals surface area contributed by atoms with Gasteiger partial charge in [-0.1, -0.05) is 19.9 Å². The van der Waals surface area contributed by atoms with Crippen molar-refractivity contribution in [2.24, 2.45) is 0 Å². The Morgan fingerprint density at radius 2 is 2.14 bits per heavy atom. The Bertz CT molecular complexity index is 501. The summed E-state index contributed by atoms with van der Waals surface area (Å²) in [5.41, 5.74) is 3.06. The molecule has 2 heteroatoms. The summed E-state index contributed by atoms with van der Waals surface area (Å²) in [5.74, 6) is 0.511. The molecule has 0 bridgehead atoms. The van der Waals surface area contributed by atoms with Crippen LogP contribution in [0.25, 0.3) is 10.9 Å². The summed E-state index contributed by atoms with van der Waals surface area (Å²) in [4.78, 5) is 3.19. The molecule has 2 nitrogen and oxygen atoms in total. The SMILES string of the molecule is CC(C)c1c[nH]c2cc(C#N)ccc12. The molecular formula is C12H12N2. The van der Waals surface area contributed by atoms with Crippen molar-refractivity contribution in [2.45, 2.75) is 19.8 Å². The van der Waals surface area contributed by atoms with Crippen molar-refractivity contribution in [2.75, 3.05) is 0 Å². The molecular weight excluding hydrogens is 172 g/mol. The molecule has 70 valence electrons. The number of aromatic nitrogens is 1. The number of fused-ring (bicyclic) bond motifs is 1. The summed E-state index contributed by atoms with van der Waals surface area (Å²) in [7, 11) is 0. The van der Waals surface area contributed by atoms with Gasteiger partial charge in [0.15, 0.2) is 0 Å². The van der Waals surface area contributed by atoms with Crippen molar-refractivity contribution in [3.8, 4) is 6.07 Å². The van der Waals surface area contributed by atoms with Gasteiger partial charge in [-0.15, -0.1) is 0 Å². The molecule has 1 aromatic heterocycles. The zero-order chi connectivity index (χ0) is 10.1. The normalized spacial score (nSPS) is 10.7. The molecule has 0 atom stereocenters. The minimum Gasteiger partial charge on any atom is -0.361 e. The molecule has 1 aromatic carbocycles. The number of rotatable bonds is 1. The largest absolute Gasteiger partial charge is 0.361 e. The smallest absolute Gasteiger partial charge is 0.0992 e.